The number of hydrogen-bond acceptors (Lipinski definition) is 1. The monoisotopic (exact) mass is 292 g/mol. The van der Waals surface area contributed by atoms with Crippen LogP contribution in [0.3, 0.4) is 0 Å². The lowest BCUT2D eigenvalue weighted by Gasteiger charge is -2.11. The highest BCUT2D eigenvalue weighted by Crippen LogP contribution is 2.21. The van der Waals surface area contributed by atoms with Gasteiger partial charge in [0.1, 0.15) is 0 Å². The summed E-state index contributed by atoms with van der Waals surface area (Å²) in [6.07, 6.45) is 1.82. The highest BCUT2D eigenvalue weighted by atomic mass is 79.9. The zero-order valence-electron chi connectivity index (χ0n) is 9.18. The van der Waals surface area contributed by atoms with Gasteiger partial charge in [0.15, 0.2) is 17.4 Å². The summed E-state index contributed by atoms with van der Waals surface area (Å²) in [7, 11) is 0. The van der Waals surface area contributed by atoms with E-state index in [1.54, 1.807) is 0 Å². The average Bonchev–Trinajstić information content (AvgIpc) is 2.23. The number of rotatable bonds is 6. The molecule has 0 bridgehead atoms. The van der Waals surface area contributed by atoms with Gasteiger partial charge in [-0.15, -0.1) is 0 Å². The maximum atomic E-state index is 13.2. The third kappa shape index (κ3) is 4.08. The summed E-state index contributed by atoms with van der Waals surface area (Å²) in [6, 6.07) is 3.71. The predicted octanol–water partition coefficient (Wildman–Crippen LogP) is 4.15. The summed E-state index contributed by atoms with van der Waals surface area (Å²) >= 11 is 3.35. The number of hydrogen-bond donors (Lipinski definition) is 0. The summed E-state index contributed by atoms with van der Waals surface area (Å²) in [4.78, 5) is 0. The number of alkyl halides is 1. The molecule has 1 nitrogen and oxygen atoms in total. The van der Waals surface area contributed by atoms with Gasteiger partial charge in [-0.05, 0) is 30.9 Å². The molecule has 0 spiro atoms. The Hall–Kier alpha value is -0.640. The lowest BCUT2D eigenvalue weighted by Crippen LogP contribution is -2.06. The molecule has 1 rings (SSSR count). The standard InChI is InChI=1S/C12H15BrF2O/c1-9(5-7-13)6-8-16-12-10(14)3-2-4-11(12)15/h2-4,9H,5-8H2,1H3. The van der Waals surface area contributed by atoms with Gasteiger partial charge in [0.25, 0.3) is 0 Å². The van der Waals surface area contributed by atoms with E-state index in [-0.39, 0.29) is 5.75 Å². The lowest BCUT2D eigenvalue weighted by atomic mass is 10.1. The fourth-order valence-corrected chi connectivity index (χ4v) is 2.09. The molecule has 0 saturated heterocycles. The first-order chi connectivity index (χ1) is 7.65. The predicted molar refractivity (Wildman–Crippen MR) is 64.0 cm³/mol. The van der Waals surface area contributed by atoms with Crippen LogP contribution in [0.15, 0.2) is 18.2 Å². The Morgan fingerprint density at radius 3 is 2.44 bits per heavy atom. The molecule has 0 aliphatic carbocycles. The molecular weight excluding hydrogens is 278 g/mol. The number of halogens is 3. The van der Waals surface area contributed by atoms with Crippen LogP contribution in [0.25, 0.3) is 0 Å². The summed E-state index contributed by atoms with van der Waals surface area (Å²) in [6.45, 7) is 2.42. The van der Waals surface area contributed by atoms with Gasteiger partial charge < -0.3 is 4.74 Å². The van der Waals surface area contributed by atoms with Gasteiger partial charge in [0.2, 0.25) is 0 Å². The van der Waals surface area contributed by atoms with Crippen LogP contribution in [0.5, 0.6) is 5.75 Å². The minimum absolute atomic E-state index is 0.270. The second kappa shape index (κ2) is 6.84. The molecule has 16 heavy (non-hydrogen) atoms. The van der Waals surface area contributed by atoms with Crippen molar-refractivity contribution in [2.45, 2.75) is 19.8 Å². The first kappa shape index (κ1) is 13.4. The molecule has 0 heterocycles. The van der Waals surface area contributed by atoms with Gasteiger partial charge in [-0.2, -0.15) is 0 Å². The van der Waals surface area contributed by atoms with E-state index in [4.69, 9.17) is 4.74 Å². The molecule has 0 N–H and O–H groups in total. The highest BCUT2D eigenvalue weighted by molar-refractivity contribution is 9.09. The Morgan fingerprint density at radius 2 is 1.88 bits per heavy atom. The molecule has 1 unspecified atom stereocenters. The number of benzene rings is 1. The van der Waals surface area contributed by atoms with Gasteiger partial charge in [-0.25, -0.2) is 8.78 Å². The van der Waals surface area contributed by atoms with Crippen molar-refractivity contribution in [3.05, 3.63) is 29.8 Å². The van der Waals surface area contributed by atoms with E-state index in [0.29, 0.717) is 12.5 Å². The molecule has 1 aromatic carbocycles. The number of para-hydroxylation sites is 1. The Balaban J connectivity index is 2.43. The van der Waals surface area contributed by atoms with Crippen LogP contribution in [0, 0.1) is 17.6 Å². The molecule has 0 saturated carbocycles. The molecule has 4 heteroatoms. The van der Waals surface area contributed by atoms with Gasteiger partial charge in [0, 0.05) is 5.33 Å². The summed E-state index contributed by atoms with van der Waals surface area (Å²) in [5, 5.41) is 0.933. The molecule has 0 aromatic heterocycles. The Morgan fingerprint density at radius 1 is 1.25 bits per heavy atom. The minimum Gasteiger partial charge on any atom is -0.488 e. The van der Waals surface area contributed by atoms with E-state index in [9.17, 15) is 8.78 Å². The quantitative estimate of drug-likeness (QED) is 0.716. The normalized spacial score (nSPS) is 12.5. The van der Waals surface area contributed by atoms with Crippen molar-refractivity contribution in [3.63, 3.8) is 0 Å². The van der Waals surface area contributed by atoms with Crippen molar-refractivity contribution in [2.24, 2.45) is 5.92 Å². The van der Waals surface area contributed by atoms with Gasteiger partial charge in [-0.3, -0.25) is 0 Å². The van der Waals surface area contributed by atoms with Crippen LogP contribution in [-0.2, 0) is 0 Å². The zero-order chi connectivity index (χ0) is 12.0. The van der Waals surface area contributed by atoms with E-state index in [1.165, 1.54) is 18.2 Å². The average molecular weight is 293 g/mol. The van der Waals surface area contributed by atoms with Crippen molar-refractivity contribution in [2.75, 3.05) is 11.9 Å². The SMILES string of the molecule is CC(CCBr)CCOc1c(F)cccc1F. The highest BCUT2D eigenvalue weighted by Gasteiger charge is 2.10. The molecule has 0 aliphatic rings. The van der Waals surface area contributed by atoms with Gasteiger partial charge in [-0.1, -0.05) is 28.9 Å². The Kier molecular flexibility index (Phi) is 5.74. The van der Waals surface area contributed by atoms with Gasteiger partial charge in [0.05, 0.1) is 6.61 Å². The maximum Gasteiger partial charge on any atom is 0.190 e. The molecule has 90 valence electrons. The van der Waals surface area contributed by atoms with Crippen LogP contribution in [0.1, 0.15) is 19.8 Å². The molecule has 0 amide bonds. The fraction of sp³-hybridized carbons (Fsp3) is 0.500. The van der Waals surface area contributed by atoms with Crippen LogP contribution in [-0.4, -0.2) is 11.9 Å². The van der Waals surface area contributed by atoms with Crippen LogP contribution in [0.2, 0.25) is 0 Å². The van der Waals surface area contributed by atoms with E-state index >= 15 is 0 Å². The summed E-state index contributed by atoms with van der Waals surface area (Å²) in [5.41, 5.74) is 0. The molecule has 0 radical (unpaired) electrons. The Bertz CT molecular complexity index is 311. The first-order valence-electron chi connectivity index (χ1n) is 5.28. The summed E-state index contributed by atoms with van der Waals surface area (Å²) in [5.74, 6) is -1.08. The first-order valence-corrected chi connectivity index (χ1v) is 6.40. The second-order valence-electron chi connectivity index (χ2n) is 3.77. The van der Waals surface area contributed by atoms with Crippen molar-refractivity contribution in [1.82, 2.24) is 0 Å². The van der Waals surface area contributed by atoms with Crippen LogP contribution in [0.4, 0.5) is 8.78 Å². The summed E-state index contributed by atoms with van der Waals surface area (Å²) < 4.78 is 31.4. The zero-order valence-corrected chi connectivity index (χ0v) is 10.8. The largest absolute Gasteiger partial charge is 0.488 e. The third-order valence-corrected chi connectivity index (χ3v) is 2.84. The lowest BCUT2D eigenvalue weighted by molar-refractivity contribution is 0.258. The van der Waals surface area contributed by atoms with Crippen LogP contribution < -0.4 is 4.74 Å². The van der Waals surface area contributed by atoms with Crippen LogP contribution >= 0.6 is 15.9 Å². The van der Waals surface area contributed by atoms with Crippen molar-refractivity contribution < 1.29 is 13.5 Å². The van der Waals surface area contributed by atoms with Crippen molar-refractivity contribution in [3.8, 4) is 5.75 Å². The van der Waals surface area contributed by atoms with E-state index in [2.05, 4.69) is 22.9 Å². The maximum absolute atomic E-state index is 13.2. The Labute approximate surface area is 103 Å². The molecule has 1 atom stereocenters. The fourth-order valence-electron chi connectivity index (χ4n) is 1.31. The molecule has 1 aromatic rings. The van der Waals surface area contributed by atoms with Crippen molar-refractivity contribution >= 4 is 15.9 Å². The molecule has 0 fully saturated rings. The van der Waals surface area contributed by atoms with Crippen molar-refractivity contribution in [1.29, 1.82) is 0 Å². The number of ether oxygens (including phenoxy) is 1. The second-order valence-corrected chi connectivity index (χ2v) is 4.56. The molecule has 0 aliphatic heterocycles. The van der Waals surface area contributed by atoms with E-state index < -0.39 is 11.6 Å². The van der Waals surface area contributed by atoms with E-state index in [0.717, 1.165) is 18.2 Å². The molecular formula is C12H15BrF2O. The smallest absolute Gasteiger partial charge is 0.190 e. The van der Waals surface area contributed by atoms with Gasteiger partial charge >= 0.3 is 0 Å². The minimum atomic E-state index is -0.645. The van der Waals surface area contributed by atoms with E-state index in [1.807, 2.05) is 0 Å². The third-order valence-electron chi connectivity index (χ3n) is 2.38. The topological polar surface area (TPSA) is 9.23 Å².